The summed E-state index contributed by atoms with van der Waals surface area (Å²) in [5, 5.41) is 11.9. The fraction of sp³-hybridized carbons (Fsp3) is 0.143. The van der Waals surface area contributed by atoms with E-state index in [-0.39, 0.29) is 0 Å². The molecule has 2 heterocycles. The molecule has 2 aromatic heterocycles. The van der Waals surface area contributed by atoms with Gasteiger partial charge in [-0.1, -0.05) is 11.6 Å². The van der Waals surface area contributed by atoms with Crippen molar-refractivity contribution in [3.05, 3.63) is 17.4 Å². The zero-order valence-electron chi connectivity index (χ0n) is 6.43. The Bertz CT molecular complexity index is 409. The minimum atomic E-state index is 0.397. The van der Waals surface area contributed by atoms with Crippen LogP contribution in [-0.2, 0) is 0 Å². The van der Waals surface area contributed by atoms with Crippen molar-refractivity contribution in [1.29, 1.82) is 0 Å². The van der Waals surface area contributed by atoms with Crippen LogP contribution in [0.2, 0.25) is 5.15 Å². The highest BCUT2D eigenvalue weighted by Gasteiger charge is 2.06. The highest BCUT2D eigenvalue weighted by Crippen LogP contribution is 2.23. The summed E-state index contributed by atoms with van der Waals surface area (Å²) in [6, 6.07) is 1.90. The van der Waals surface area contributed by atoms with Crippen molar-refractivity contribution in [3.8, 4) is 0 Å². The first-order valence-electron chi connectivity index (χ1n) is 3.50. The van der Waals surface area contributed by atoms with E-state index in [0.717, 1.165) is 16.7 Å². The minimum Gasteiger partial charge on any atom is -0.371 e. The molecule has 0 fully saturated rings. The molecule has 12 heavy (non-hydrogen) atoms. The Balaban J connectivity index is 2.82. The maximum atomic E-state index is 5.79. The van der Waals surface area contributed by atoms with Crippen LogP contribution in [0.3, 0.4) is 0 Å². The second kappa shape index (κ2) is 2.64. The highest BCUT2D eigenvalue weighted by molar-refractivity contribution is 6.34. The number of hydrogen-bond donors (Lipinski definition) is 2. The molecule has 5 heteroatoms. The Morgan fingerprint density at radius 1 is 1.50 bits per heavy atom. The summed E-state index contributed by atoms with van der Waals surface area (Å²) in [4.78, 5) is 2.99. The van der Waals surface area contributed by atoms with E-state index in [1.165, 1.54) is 0 Å². The molecule has 0 radical (unpaired) electrons. The van der Waals surface area contributed by atoms with Gasteiger partial charge in [0, 0.05) is 18.6 Å². The molecule has 0 amide bonds. The van der Waals surface area contributed by atoms with Gasteiger partial charge in [-0.3, -0.25) is 0 Å². The van der Waals surface area contributed by atoms with Crippen molar-refractivity contribution in [2.45, 2.75) is 0 Å². The van der Waals surface area contributed by atoms with Crippen LogP contribution in [0.1, 0.15) is 0 Å². The van der Waals surface area contributed by atoms with Crippen LogP contribution in [0.5, 0.6) is 0 Å². The van der Waals surface area contributed by atoms with Gasteiger partial charge < -0.3 is 10.3 Å². The molecule has 0 saturated carbocycles. The quantitative estimate of drug-likeness (QED) is 0.705. The number of nitrogens with zero attached hydrogens (tertiary/aromatic N) is 2. The van der Waals surface area contributed by atoms with Crippen LogP contribution < -0.4 is 5.32 Å². The van der Waals surface area contributed by atoms with Crippen LogP contribution in [-0.4, -0.2) is 22.2 Å². The molecule has 0 aliphatic heterocycles. The standard InChI is InChI=1S/C7H7ClN4/c1-9-7-4-2-3-10-5(4)6(8)11-12-7/h2-3,10H,1H3,(H,9,12). The molecule has 4 nitrogen and oxygen atoms in total. The lowest BCUT2D eigenvalue weighted by Crippen LogP contribution is -1.95. The van der Waals surface area contributed by atoms with Gasteiger partial charge in [0.1, 0.15) is 0 Å². The summed E-state index contributed by atoms with van der Waals surface area (Å²) in [5.41, 5.74) is 0.816. The van der Waals surface area contributed by atoms with Gasteiger partial charge in [0.2, 0.25) is 0 Å². The van der Waals surface area contributed by atoms with E-state index in [9.17, 15) is 0 Å². The van der Waals surface area contributed by atoms with E-state index in [2.05, 4.69) is 20.5 Å². The number of nitrogens with one attached hydrogen (secondary N) is 2. The van der Waals surface area contributed by atoms with Crippen molar-refractivity contribution in [2.24, 2.45) is 0 Å². The molecule has 0 unspecified atom stereocenters. The lowest BCUT2D eigenvalue weighted by molar-refractivity contribution is 1.05. The molecule has 0 saturated heterocycles. The summed E-state index contributed by atoms with van der Waals surface area (Å²) in [6.07, 6.45) is 1.81. The second-order valence-electron chi connectivity index (χ2n) is 2.36. The molecule has 0 aromatic carbocycles. The number of aromatic nitrogens is 3. The van der Waals surface area contributed by atoms with Crippen LogP contribution in [0.25, 0.3) is 10.9 Å². The monoisotopic (exact) mass is 182 g/mol. The number of halogens is 1. The molecular formula is C7H7ClN4. The van der Waals surface area contributed by atoms with E-state index in [4.69, 9.17) is 11.6 Å². The number of H-pyrrole nitrogens is 1. The fourth-order valence-corrected chi connectivity index (χ4v) is 1.31. The Morgan fingerprint density at radius 3 is 3.08 bits per heavy atom. The number of fused-ring (bicyclic) bond motifs is 1. The van der Waals surface area contributed by atoms with Crippen LogP contribution in [0, 0.1) is 0 Å². The second-order valence-corrected chi connectivity index (χ2v) is 2.71. The van der Waals surface area contributed by atoms with Crippen molar-refractivity contribution >= 4 is 28.3 Å². The largest absolute Gasteiger partial charge is 0.371 e. The summed E-state index contributed by atoms with van der Waals surface area (Å²) in [5.74, 6) is 0.732. The number of aromatic amines is 1. The van der Waals surface area contributed by atoms with Gasteiger partial charge in [0.15, 0.2) is 11.0 Å². The maximum absolute atomic E-state index is 5.79. The minimum absolute atomic E-state index is 0.397. The lowest BCUT2D eigenvalue weighted by Gasteiger charge is -1.99. The Morgan fingerprint density at radius 2 is 2.33 bits per heavy atom. The lowest BCUT2D eigenvalue weighted by atomic mass is 10.3. The van der Waals surface area contributed by atoms with E-state index in [1.54, 1.807) is 13.2 Å². The first-order valence-corrected chi connectivity index (χ1v) is 3.87. The molecule has 2 N–H and O–H groups in total. The molecule has 0 aliphatic rings. The Hall–Kier alpha value is -1.29. The molecule has 2 rings (SSSR count). The molecule has 0 spiro atoms. The van der Waals surface area contributed by atoms with Crippen molar-refractivity contribution in [1.82, 2.24) is 15.2 Å². The normalized spacial score (nSPS) is 10.5. The molecule has 0 atom stereocenters. The van der Waals surface area contributed by atoms with Gasteiger partial charge in [-0.25, -0.2) is 0 Å². The molecule has 0 aliphatic carbocycles. The zero-order chi connectivity index (χ0) is 8.55. The van der Waals surface area contributed by atoms with Crippen LogP contribution in [0.4, 0.5) is 5.82 Å². The fourth-order valence-electron chi connectivity index (χ4n) is 1.12. The predicted molar refractivity (Wildman–Crippen MR) is 48.4 cm³/mol. The highest BCUT2D eigenvalue weighted by atomic mass is 35.5. The first-order chi connectivity index (χ1) is 5.83. The first kappa shape index (κ1) is 7.36. The summed E-state index contributed by atoms with van der Waals surface area (Å²) in [7, 11) is 1.80. The third-order valence-electron chi connectivity index (χ3n) is 1.68. The third-order valence-corrected chi connectivity index (χ3v) is 1.95. The van der Waals surface area contributed by atoms with Crippen molar-refractivity contribution in [2.75, 3.05) is 12.4 Å². The third kappa shape index (κ3) is 0.921. The average Bonchev–Trinajstić information content (AvgIpc) is 2.54. The Labute approximate surface area is 73.9 Å². The van der Waals surface area contributed by atoms with Gasteiger partial charge in [0.05, 0.1) is 5.52 Å². The van der Waals surface area contributed by atoms with E-state index in [1.807, 2.05) is 6.07 Å². The van der Waals surface area contributed by atoms with Crippen LogP contribution in [0.15, 0.2) is 12.3 Å². The number of hydrogen-bond acceptors (Lipinski definition) is 3. The zero-order valence-corrected chi connectivity index (χ0v) is 7.18. The SMILES string of the molecule is CNc1nnc(Cl)c2[nH]ccc12. The molecule has 62 valence electrons. The van der Waals surface area contributed by atoms with E-state index in [0.29, 0.717) is 5.15 Å². The van der Waals surface area contributed by atoms with Gasteiger partial charge >= 0.3 is 0 Å². The summed E-state index contributed by atoms with van der Waals surface area (Å²) >= 11 is 5.79. The van der Waals surface area contributed by atoms with Gasteiger partial charge in [-0.05, 0) is 6.07 Å². The van der Waals surface area contributed by atoms with Crippen LogP contribution >= 0.6 is 11.6 Å². The van der Waals surface area contributed by atoms with Gasteiger partial charge in [0.25, 0.3) is 0 Å². The maximum Gasteiger partial charge on any atom is 0.175 e. The summed E-state index contributed by atoms with van der Waals surface area (Å²) in [6.45, 7) is 0. The Kier molecular flexibility index (Phi) is 1.62. The van der Waals surface area contributed by atoms with E-state index < -0.39 is 0 Å². The molecular weight excluding hydrogens is 176 g/mol. The molecule has 2 aromatic rings. The smallest absolute Gasteiger partial charge is 0.175 e. The predicted octanol–water partition coefficient (Wildman–Crippen LogP) is 1.65. The van der Waals surface area contributed by atoms with E-state index >= 15 is 0 Å². The average molecular weight is 183 g/mol. The van der Waals surface area contributed by atoms with Gasteiger partial charge in [-0.2, -0.15) is 0 Å². The number of anilines is 1. The summed E-state index contributed by atoms with van der Waals surface area (Å²) < 4.78 is 0. The van der Waals surface area contributed by atoms with Crippen molar-refractivity contribution < 1.29 is 0 Å². The van der Waals surface area contributed by atoms with Gasteiger partial charge in [-0.15, -0.1) is 10.2 Å². The topological polar surface area (TPSA) is 53.6 Å². The molecule has 0 bridgehead atoms. The van der Waals surface area contributed by atoms with Crippen molar-refractivity contribution in [3.63, 3.8) is 0 Å². The number of rotatable bonds is 1.